The Morgan fingerprint density at radius 1 is 1.15 bits per heavy atom. The number of alkyl halides is 2. The number of aromatic amines is 1. The van der Waals surface area contributed by atoms with Gasteiger partial charge in [0.05, 0.1) is 18.1 Å². The normalized spacial score (nSPS) is 19.1. The van der Waals surface area contributed by atoms with E-state index in [1.807, 2.05) is 4.90 Å². The zero-order chi connectivity index (χ0) is 18.7. The Bertz CT molecular complexity index is 882. The summed E-state index contributed by atoms with van der Waals surface area (Å²) in [5, 5.41) is 11.1. The van der Waals surface area contributed by atoms with Gasteiger partial charge in [-0.2, -0.15) is 13.9 Å². The zero-order valence-electron chi connectivity index (χ0n) is 14.9. The summed E-state index contributed by atoms with van der Waals surface area (Å²) in [6.07, 6.45) is 5.75. The van der Waals surface area contributed by atoms with Crippen molar-refractivity contribution >= 4 is 16.9 Å². The van der Waals surface area contributed by atoms with Crippen LogP contribution in [0.25, 0.3) is 11.0 Å². The van der Waals surface area contributed by atoms with Gasteiger partial charge < -0.3 is 5.32 Å². The second kappa shape index (κ2) is 7.56. The monoisotopic (exact) mass is 372 g/mol. The van der Waals surface area contributed by atoms with Gasteiger partial charge in [0.25, 0.3) is 5.92 Å². The molecule has 1 atom stereocenters. The second-order valence-electron chi connectivity index (χ2n) is 6.97. The number of fused-ring (bicyclic) bond motifs is 1. The van der Waals surface area contributed by atoms with Crippen LogP contribution in [-0.4, -0.2) is 50.7 Å². The molecule has 1 aromatic carbocycles. The number of benzene rings is 1. The molecule has 8 heteroatoms. The topological polar surface area (TPSA) is 69.7 Å². The average Bonchev–Trinajstić information content (AvgIpc) is 3.06. The summed E-state index contributed by atoms with van der Waals surface area (Å²) in [5.41, 5.74) is 0.762. The van der Waals surface area contributed by atoms with E-state index < -0.39 is 5.92 Å². The first-order valence-corrected chi connectivity index (χ1v) is 9.18. The summed E-state index contributed by atoms with van der Waals surface area (Å²) < 4.78 is 29.1. The first kappa shape index (κ1) is 17.8. The SMILES string of the molecule is FC(F)(CN1CCCC(Nc2ncnc3[nH]ncc23)CC1)c1ccccc1. The summed E-state index contributed by atoms with van der Waals surface area (Å²) >= 11 is 0. The lowest BCUT2D eigenvalue weighted by molar-refractivity contribution is -0.0372. The van der Waals surface area contributed by atoms with E-state index in [1.165, 1.54) is 18.5 Å². The van der Waals surface area contributed by atoms with Crippen LogP contribution in [0.4, 0.5) is 14.6 Å². The fourth-order valence-electron chi connectivity index (χ4n) is 3.59. The first-order chi connectivity index (χ1) is 13.1. The molecule has 142 valence electrons. The third-order valence-electron chi connectivity index (χ3n) is 5.03. The molecule has 3 heterocycles. The molecule has 6 nitrogen and oxygen atoms in total. The van der Waals surface area contributed by atoms with Gasteiger partial charge in [0.1, 0.15) is 12.1 Å². The Balaban J connectivity index is 1.38. The second-order valence-corrected chi connectivity index (χ2v) is 6.97. The maximum Gasteiger partial charge on any atom is 0.285 e. The molecule has 0 spiro atoms. The summed E-state index contributed by atoms with van der Waals surface area (Å²) in [7, 11) is 0. The molecular formula is C19H22F2N6. The van der Waals surface area contributed by atoms with Crippen LogP contribution in [0, 0.1) is 0 Å². The van der Waals surface area contributed by atoms with E-state index in [0.29, 0.717) is 18.7 Å². The number of nitrogens with zero attached hydrogens (tertiary/aromatic N) is 4. The van der Waals surface area contributed by atoms with Crippen molar-refractivity contribution in [1.82, 2.24) is 25.1 Å². The lowest BCUT2D eigenvalue weighted by Gasteiger charge is -2.26. The van der Waals surface area contributed by atoms with E-state index in [-0.39, 0.29) is 18.2 Å². The molecule has 0 radical (unpaired) electrons. The van der Waals surface area contributed by atoms with Crippen LogP contribution in [0.5, 0.6) is 0 Å². The molecule has 0 amide bonds. The summed E-state index contributed by atoms with van der Waals surface area (Å²) in [6, 6.07) is 8.24. The quantitative estimate of drug-likeness (QED) is 0.718. The lowest BCUT2D eigenvalue weighted by atomic mass is 10.1. The molecule has 1 fully saturated rings. The van der Waals surface area contributed by atoms with Crippen molar-refractivity contribution in [3.05, 3.63) is 48.4 Å². The Hall–Kier alpha value is -2.61. The molecule has 3 aromatic rings. The van der Waals surface area contributed by atoms with E-state index >= 15 is 0 Å². The summed E-state index contributed by atoms with van der Waals surface area (Å²) in [6.45, 7) is 1.05. The third kappa shape index (κ3) is 4.05. The van der Waals surface area contributed by atoms with Crippen LogP contribution in [0.3, 0.4) is 0 Å². The van der Waals surface area contributed by atoms with Crippen molar-refractivity contribution in [2.75, 3.05) is 25.0 Å². The van der Waals surface area contributed by atoms with Crippen LogP contribution in [-0.2, 0) is 5.92 Å². The number of anilines is 1. The van der Waals surface area contributed by atoms with Crippen molar-refractivity contribution in [3.63, 3.8) is 0 Å². The number of hydrogen-bond acceptors (Lipinski definition) is 5. The minimum atomic E-state index is -2.84. The number of H-pyrrole nitrogens is 1. The molecule has 0 aliphatic carbocycles. The predicted molar refractivity (Wildman–Crippen MR) is 99.7 cm³/mol. The minimum Gasteiger partial charge on any atom is -0.367 e. The fourth-order valence-corrected chi connectivity index (χ4v) is 3.59. The van der Waals surface area contributed by atoms with Crippen molar-refractivity contribution in [2.45, 2.75) is 31.2 Å². The Kier molecular flexibility index (Phi) is 4.98. The van der Waals surface area contributed by atoms with Gasteiger partial charge in [0, 0.05) is 18.2 Å². The van der Waals surface area contributed by atoms with E-state index in [9.17, 15) is 8.78 Å². The van der Waals surface area contributed by atoms with E-state index in [0.717, 1.165) is 30.5 Å². The molecule has 0 bridgehead atoms. The molecule has 1 aliphatic rings. The predicted octanol–water partition coefficient (Wildman–Crippen LogP) is 3.41. The number of rotatable bonds is 5. The van der Waals surface area contributed by atoms with Crippen molar-refractivity contribution < 1.29 is 8.78 Å². The number of likely N-dealkylation sites (tertiary alicyclic amines) is 1. The van der Waals surface area contributed by atoms with Gasteiger partial charge in [-0.15, -0.1) is 0 Å². The molecule has 2 N–H and O–H groups in total. The highest BCUT2D eigenvalue weighted by Crippen LogP contribution is 2.30. The van der Waals surface area contributed by atoms with E-state index in [4.69, 9.17) is 0 Å². The third-order valence-corrected chi connectivity index (χ3v) is 5.03. The van der Waals surface area contributed by atoms with Gasteiger partial charge in [0.15, 0.2) is 5.65 Å². The number of nitrogens with one attached hydrogen (secondary N) is 2. The molecular weight excluding hydrogens is 350 g/mol. The highest BCUT2D eigenvalue weighted by Gasteiger charge is 2.34. The largest absolute Gasteiger partial charge is 0.367 e. The molecule has 2 aromatic heterocycles. The molecule has 1 unspecified atom stereocenters. The van der Waals surface area contributed by atoms with Gasteiger partial charge >= 0.3 is 0 Å². The summed E-state index contributed by atoms with van der Waals surface area (Å²) in [4.78, 5) is 10.3. The van der Waals surface area contributed by atoms with Gasteiger partial charge in [-0.1, -0.05) is 30.3 Å². The van der Waals surface area contributed by atoms with Gasteiger partial charge in [0.2, 0.25) is 0 Å². The maximum atomic E-state index is 14.6. The molecule has 1 aliphatic heterocycles. The van der Waals surface area contributed by atoms with Crippen LogP contribution in [0.1, 0.15) is 24.8 Å². The highest BCUT2D eigenvalue weighted by atomic mass is 19.3. The minimum absolute atomic E-state index is 0.0762. The molecule has 27 heavy (non-hydrogen) atoms. The smallest absolute Gasteiger partial charge is 0.285 e. The average molecular weight is 372 g/mol. The molecule has 0 saturated carbocycles. The van der Waals surface area contributed by atoms with Crippen LogP contribution >= 0.6 is 0 Å². The van der Waals surface area contributed by atoms with Gasteiger partial charge in [-0.25, -0.2) is 9.97 Å². The number of halogens is 2. The Labute approximate surface area is 156 Å². The van der Waals surface area contributed by atoms with Crippen molar-refractivity contribution in [2.24, 2.45) is 0 Å². The van der Waals surface area contributed by atoms with Crippen molar-refractivity contribution in [1.29, 1.82) is 0 Å². The number of hydrogen-bond donors (Lipinski definition) is 2. The van der Waals surface area contributed by atoms with Crippen LogP contribution in [0.2, 0.25) is 0 Å². The molecule has 4 rings (SSSR count). The fraction of sp³-hybridized carbons (Fsp3) is 0.421. The maximum absolute atomic E-state index is 14.6. The number of aromatic nitrogens is 4. The zero-order valence-corrected chi connectivity index (χ0v) is 14.9. The van der Waals surface area contributed by atoms with Crippen LogP contribution < -0.4 is 5.32 Å². The standard InChI is InChI=1S/C19H22F2N6/c20-19(21,14-5-2-1-3-6-14)12-27-9-4-7-15(8-10-27)25-17-16-11-24-26-18(16)23-13-22-17/h1-3,5-6,11,13,15H,4,7-10,12H2,(H2,22,23,24,25,26). The van der Waals surface area contributed by atoms with Crippen LogP contribution in [0.15, 0.2) is 42.9 Å². The Morgan fingerprint density at radius 3 is 2.85 bits per heavy atom. The van der Waals surface area contributed by atoms with E-state index in [1.54, 1.807) is 24.4 Å². The van der Waals surface area contributed by atoms with E-state index in [2.05, 4.69) is 25.5 Å². The van der Waals surface area contributed by atoms with Gasteiger partial charge in [-0.05, 0) is 25.8 Å². The lowest BCUT2D eigenvalue weighted by Crippen LogP contribution is -2.36. The Morgan fingerprint density at radius 2 is 2.00 bits per heavy atom. The molecule has 1 saturated heterocycles. The first-order valence-electron chi connectivity index (χ1n) is 9.18. The summed E-state index contributed by atoms with van der Waals surface area (Å²) in [5.74, 6) is -2.11. The van der Waals surface area contributed by atoms with Crippen molar-refractivity contribution in [3.8, 4) is 0 Å². The highest BCUT2D eigenvalue weighted by molar-refractivity contribution is 5.85. The van der Waals surface area contributed by atoms with Gasteiger partial charge in [-0.3, -0.25) is 10.00 Å².